The first-order valence-corrected chi connectivity index (χ1v) is 8.66. The van der Waals surface area contributed by atoms with Gasteiger partial charge in [0.15, 0.2) is 18.1 Å². The Balaban J connectivity index is 1.54. The van der Waals surface area contributed by atoms with E-state index in [4.69, 9.17) is 18.9 Å². The first kappa shape index (κ1) is 18.6. The van der Waals surface area contributed by atoms with Crippen LogP contribution >= 0.6 is 0 Å². The maximum atomic E-state index is 11.9. The number of hydrogen-bond acceptors (Lipinski definition) is 6. The van der Waals surface area contributed by atoms with Crippen molar-refractivity contribution >= 4 is 11.6 Å². The van der Waals surface area contributed by atoms with Crippen LogP contribution in [0.3, 0.4) is 0 Å². The van der Waals surface area contributed by atoms with Gasteiger partial charge in [-0.3, -0.25) is 4.79 Å². The molecule has 3 rings (SSSR count). The number of carbonyl (C=O) groups excluding carboxylic acids is 1. The normalized spacial score (nSPS) is 13.5. The third kappa shape index (κ3) is 5.13. The molecule has 1 heterocycles. The Hall–Kier alpha value is -3.22. The maximum absolute atomic E-state index is 11.9. The van der Waals surface area contributed by atoms with Crippen LogP contribution in [0.2, 0.25) is 0 Å². The Kier molecular flexibility index (Phi) is 6.14. The van der Waals surface area contributed by atoms with Gasteiger partial charge in [-0.2, -0.15) is 5.10 Å². The van der Waals surface area contributed by atoms with Gasteiger partial charge in [0, 0.05) is 12.0 Å². The molecule has 27 heavy (non-hydrogen) atoms. The summed E-state index contributed by atoms with van der Waals surface area (Å²) in [5.41, 5.74) is 3.99. The summed E-state index contributed by atoms with van der Waals surface area (Å²) in [6.45, 7) is 2.93. The number of amides is 1. The highest BCUT2D eigenvalue weighted by Gasteiger charge is 2.12. The summed E-state index contributed by atoms with van der Waals surface area (Å²) < 4.78 is 21.8. The van der Waals surface area contributed by atoms with Crippen LogP contribution in [0.1, 0.15) is 18.9 Å². The van der Waals surface area contributed by atoms with Crippen molar-refractivity contribution in [1.82, 2.24) is 5.43 Å². The molecule has 0 saturated carbocycles. The summed E-state index contributed by atoms with van der Waals surface area (Å²) in [4.78, 5) is 11.9. The van der Waals surface area contributed by atoms with E-state index < -0.39 is 0 Å². The number of methoxy groups -OCH3 is 1. The largest absolute Gasteiger partial charge is 0.497 e. The average Bonchev–Trinajstić information content (AvgIpc) is 2.95. The molecule has 0 fully saturated rings. The van der Waals surface area contributed by atoms with Crippen LogP contribution in [-0.2, 0) is 4.79 Å². The van der Waals surface area contributed by atoms with Crippen LogP contribution in [0.15, 0.2) is 47.6 Å². The lowest BCUT2D eigenvalue weighted by atomic mass is 10.1. The van der Waals surface area contributed by atoms with Gasteiger partial charge >= 0.3 is 0 Å². The van der Waals surface area contributed by atoms with Crippen LogP contribution in [0.5, 0.6) is 23.0 Å². The first-order chi connectivity index (χ1) is 13.2. The highest BCUT2D eigenvalue weighted by atomic mass is 16.5. The SMILES string of the molecule is COc1ccc(OCC(=O)N/N=C(/C)c2ccc3c(c2)OCCCO3)cc1. The highest BCUT2D eigenvalue weighted by molar-refractivity contribution is 5.99. The van der Waals surface area contributed by atoms with Gasteiger partial charge in [-0.25, -0.2) is 5.43 Å². The predicted molar refractivity (Wildman–Crippen MR) is 101 cm³/mol. The Labute approximate surface area is 157 Å². The fraction of sp³-hybridized carbons (Fsp3) is 0.300. The van der Waals surface area contributed by atoms with E-state index in [1.807, 2.05) is 25.1 Å². The number of fused-ring (bicyclic) bond motifs is 1. The third-order valence-electron chi connectivity index (χ3n) is 3.94. The Morgan fingerprint density at radius 3 is 2.52 bits per heavy atom. The molecule has 0 bridgehead atoms. The Bertz CT molecular complexity index is 818. The standard InChI is InChI=1S/C20H22N2O5/c1-14(15-4-9-18-19(12-15)26-11-3-10-25-18)21-22-20(23)13-27-17-7-5-16(24-2)6-8-17/h4-9,12H,3,10-11,13H2,1-2H3,(H,22,23)/b21-14-. The monoisotopic (exact) mass is 370 g/mol. The van der Waals surface area contributed by atoms with E-state index in [9.17, 15) is 4.79 Å². The average molecular weight is 370 g/mol. The lowest BCUT2D eigenvalue weighted by Crippen LogP contribution is -2.25. The van der Waals surface area contributed by atoms with E-state index in [1.165, 1.54) is 0 Å². The molecule has 142 valence electrons. The zero-order chi connectivity index (χ0) is 19.1. The topological polar surface area (TPSA) is 78.4 Å². The van der Waals surface area contributed by atoms with Gasteiger partial charge in [-0.05, 0) is 49.4 Å². The van der Waals surface area contributed by atoms with Gasteiger partial charge in [0.2, 0.25) is 0 Å². The summed E-state index contributed by atoms with van der Waals surface area (Å²) in [7, 11) is 1.59. The van der Waals surface area contributed by atoms with Gasteiger partial charge in [0.05, 0.1) is 26.0 Å². The smallest absolute Gasteiger partial charge is 0.277 e. The van der Waals surface area contributed by atoms with Gasteiger partial charge in [-0.1, -0.05) is 0 Å². The van der Waals surface area contributed by atoms with E-state index in [1.54, 1.807) is 31.4 Å². The molecule has 0 radical (unpaired) electrons. The third-order valence-corrected chi connectivity index (χ3v) is 3.94. The molecule has 1 amide bonds. The number of hydrazone groups is 1. The van der Waals surface area contributed by atoms with Gasteiger partial charge in [0.1, 0.15) is 11.5 Å². The molecule has 1 aliphatic rings. The number of hydrogen-bond donors (Lipinski definition) is 1. The van der Waals surface area contributed by atoms with Crippen molar-refractivity contribution < 1.29 is 23.7 Å². The summed E-state index contributed by atoms with van der Waals surface area (Å²) in [5.74, 6) is 2.37. The number of carbonyl (C=O) groups is 1. The molecule has 2 aromatic rings. The molecule has 0 saturated heterocycles. The lowest BCUT2D eigenvalue weighted by molar-refractivity contribution is -0.123. The van der Waals surface area contributed by atoms with Gasteiger partial charge < -0.3 is 18.9 Å². The second kappa shape index (κ2) is 8.93. The first-order valence-electron chi connectivity index (χ1n) is 8.66. The quantitative estimate of drug-likeness (QED) is 0.625. The molecular weight excluding hydrogens is 348 g/mol. The van der Waals surface area contributed by atoms with Gasteiger partial charge in [-0.15, -0.1) is 0 Å². The Morgan fingerprint density at radius 2 is 1.78 bits per heavy atom. The van der Waals surface area contributed by atoms with Crippen LogP contribution < -0.4 is 24.4 Å². The molecule has 0 unspecified atom stereocenters. The van der Waals surface area contributed by atoms with Crippen molar-refractivity contribution in [3.63, 3.8) is 0 Å². The van der Waals surface area contributed by atoms with Crippen molar-refractivity contribution in [3.8, 4) is 23.0 Å². The van der Waals surface area contributed by atoms with Crippen LogP contribution in [0, 0.1) is 0 Å². The van der Waals surface area contributed by atoms with Crippen molar-refractivity contribution in [2.24, 2.45) is 5.10 Å². The van der Waals surface area contributed by atoms with E-state index in [2.05, 4.69) is 10.5 Å². The van der Waals surface area contributed by atoms with Crippen molar-refractivity contribution in [3.05, 3.63) is 48.0 Å². The van der Waals surface area contributed by atoms with E-state index >= 15 is 0 Å². The maximum Gasteiger partial charge on any atom is 0.277 e. The number of rotatable bonds is 6. The zero-order valence-electron chi connectivity index (χ0n) is 15.4. The van der Waals surface area contributed by atoms with Gasteiger partial charge in [0.25, 0.3) is 5.91 Å². The van der Waals surface area contributed by atoms with Crippen molar-refractivity contribution in [2.75, 3.05) is 26.9 Å². The number of benzene rings is 2. The second-order valence-electron chi connectivity index (χ2n) is 5.91. The molecular formula is C20H22N2O5. The zero-order valence-corrected chi connectivity index (χ0v) is 15.4. The van der Waals surface area contributed by atoms with Crippen molar-refractivity contribution in [2.45, 2.75) is 13.3 Å². The molecule has 0 aromatic heterocycles. The molecule has 7 nitrogen and oxygen atoms in total. The number of nitrogens with one attached hydrogen (secondary N) is 1. The summed E-state index contributed by atoms with van der Waals surface area (Å²) in [6.07, 6.45) is 0.849. The molecule has 1 aliphatic heterocycles. The summed E-state index contributed by atoms with van der Waals surface area (Å²) >= 11 is 0. The minimum absolute atomic E-state index is 0.135. The molecule has 7 heteroatoms. The van der Waals surface area contributed by atoms with Crippen LogP contribution in [0.4, 0.5) is 0 Å². The summed E-state index contributed by atoms with van der Waals surface area (Å²) in [6, 6.07) is 12.6. The van der Waals surface area contributed by atoms with Crippen molar-refractivity contribution in [1.29, 1.82) is 0 Å². The fourth-order valence-electron chi connectivity index (χ4n) is 2.45. The van der Waals surface area contributed by atoms with E-state index in [0.29, 0.717) is 30.4 Å². The highest BCUT2D eigenvalue weighted by Crippen LogP contribution is 2.30. The Morgan fingerprint density at radius 1 is 1.07 bits per heavy atom. The molecule has 0 spiro atoms. The summed E-state index contributed by atoms with van der Waals surface area (Å²) in [5, 5.41) is 4.13. The molecule has 1 N–H and O–H groups in total. The molecule has 2 aromatic carbocycles. The molecule has 0 atom stereocenters. The van der Waals surface area contributed by atoms with Crippen LogP contribution in [0.25, 0.3) is 0 Å². The lowest BCUT2D eigenvalue weighted by Gasteiger charge is -2.09. The minimum atomic E-state index is -0.348. The number of nitrogens with zero attached hydrogens (tertiary/aromatic N) is 1. The predicted octanol–water partition coefficient (Wildman–Crippen LogP) is 2.78. The number of ether oxygens (including phenoxy) is 4. The van der Waals surface area contributed by atoms with E-state index in [-0.39, 0.29) is 12.5 Å². The second-order valence-corrected chi connectivity index (χ2v) is 5.91. The minimum Gasteiger partial charge on any atom is -0.497 e. The van der Waals surface area contributed by atoms with E-state index in [0.717, 1.165) is 23.5 Å². The van der Waals surface area contributed by atoms with Crippen LogP contribution in [-0.4, -0.2) is 38.5 Å². The molecule has 0 aliphatic carbocycles. The fourth-order valence-corrected chi connectivity index (χ4v) is 2.45.